The van der Waals surface area contributed by atoms with Crippen molar-refractivity contribution in [3.05, 3.63) is 70.9 Å². The SMILES string of the molecule is O=C(c1cccc(-c2ccncc2)c1)N1CC(N2CCN(C(=O)c3nccs3)CC2)C1. The van der Waals surface area contributed by atoms with E-state index in [0.717, 1.165) is 37.3 Å². The lowest BCUT2D eigenvalue weighted by molar-refractivity contribution is 0.00853. The number of rotatable bonds is 4. The first-order chi connectivity index (χ1) is 15.2. The number of hydrogen-bond donors (Lipinski definition) is 0. The minimum atomic E-state index is 0.0224. The Morgan fingerprint density at radius 2 is 1.65 bits per heavy atom. The molecule has 2 fully saturated rings. The van der Waals surface area contributed by atoms with Gasteiger partial charge in [-0.15, -0.1) is 11.3 Å². The van der Waals surface area contributed by atoms with Gasteiger partial charge in [0.2, 0.25) is 0 Å². The average Bonchev–Trinajstić information content (AvgIpc) is 3.34. The summed E-state index contributed by atoms with van der Waals surface area (Å²) in [5.41, 5.74) is 2.79. The van der Waals surface area contributed by atoms with Crippen molar-refractivity contribution in [3.63, 3.8) is 0 Å². The number of benzene rings is 1. The molecule has 1 aromatic carbocycles. The van der Waals surface area contributed by atoms with Gasteiger partial charge in [-0.2, -0.15) is 0 Å². The molecule has 0 N–H and O–H groups in total. The van der Waals surface area contributed by atoms with Crippen LogP contribution in [0, 0.1) is 0 Å². The van der Waals surface area contributed by atoms with Crippen molar-refractivity contribution >= 4 is 23.2 Å². The highest BCUT2D eigenvalue weighted by Crippen LogP contribution is 2.24. The Balaban J connectivity index is 1.15. The molecular formula is C23H23N5O2S. The first-order valence-electron chi connectivity index (χ1n) is 10.4. The summed E-state index contributed by atoms with van der Waals surface area (Å²) in [6, 6.07) is 12.0. The molecular weight excluding hydrogens is 410 g/mol. The number of aromatic nitrogens is 2. The molecule has 0 unspecified atom stereocenters. The van der Waals surface area contributed by atoms with Gasteiger partial charge in [0.1, 0.15) is 0 Å². The highest BCUT2D eigenvalue weighted by Gasteiger charge is 2.37. The van der Waals surface area contributed by atoms with E-state index in [2.05, 4.69) is 14.9 Å². The Kier molecular flexibility index (Phi) is 5.48. The molecule has 158 valence electrons. The average molecular weight is 434 g/mol. The summed E-state index contributed by atoms with van der Waals surface area (Å²) in [6.07, 6.45) is 5.18. The molecule has 0 aliphatic carbocycles. The third-order valence-corrected chi connectivity index (χ3v) is 6.77. The van der Waals surface area contributed by atoms with Crippen molar-refractivity contribution in [1.82, 2.24) is 24.7 Å². The molecule has 2 aromatic heterocycles. The molecule has 2 aliphatic heterocycles. The summed E-state index contributed by atoms with van der Waals surface area (Å²) in [7, 11) is 0. The van der Waals surface area contributed by atoms with Crippen molar-refractivity contribution < 1.29 is 9.59 Å². The van der Waals surface area contributed by atoms with E-state index < -0.39 is 0 Å². The van der Waals surface area contributed by atoms with E-state index in [4.69, 9.17) is 0 Å². The monoisotopic (exact) mass is 433 g/mol. The van der Waals surface area contributed by atoms with Crippen LogP contribution >= 0.6 is 11.3 Å². The van der Waals surface area contributed by atoms with Crippen LogP contribution in [0.1, 0.15) is 20.2 Å². The smallest absolute Gasteiger partial charge is 0.282 e. The molecule has 3 aromatic rings. The molecule has 0 atom stereocenters. The zero-order valence-electron chi connectivity index (χ0n) is 17.1. The van der Waals surface area contributed by atoms with E-state index in [-0.39, 0.29) is 11.8 Å². The number of pyridine rings is 1. The number of hydrogen-bond acceptors (Lipinski definition) is 6. The lowest BCUT2D eigenvalue weighted by Gasteiger charge is -2.48. The molecule has 2 aliphatic rings. The Morgan fingerprint density at radius 3 is 2.35 bits per heavy atom. The number of carbonyl (C=O) groups excluding carboxylic acids is 2. The zero-order valence-corrected chi connectivity index (χ0v) is 17.9. The number of piperazine rings is 1. The van der Waals surface area contributed by atoms with Crippen LogP contribution in [0.2, 0.25) is 0 Å². The van der Waals surface area contributed by atoms with Gasteiger partial charge in [0.25, 0.3) is 11.8 Å². The van der Waals surface area contributed by atoms with E-state index in [0.29, 0.717) is 29.7 Å². The Labute approximate surface area is 185 Å². The van der Waals surface area contributed by atoms with Crippen LogP contribution in [-0.4, -0.2) is 81.8 Å². The standard InChI is InChI=1S/C23H23N5O2S/c29-22(19-3-1-2-18(14-19)17-4-6-24-7-5-17)28-15-20(16-28)26-9-11-27(12-10-26)23(30)21-25-8-13-31-21/h1-8,13-14,20H,9-12,15-16H2. The molecule has 0 saturated carbocycles. The maximum atomic E-state index is 12.9. The molecule has 2 saturated heterocycles. The van der Waals surface area contributed by atoms with Gasteiger partial charge < -0.3 is 9.80 Å². The molecule has 8 heteroatoms. The van der Waals surface area contributed by atoms with Crippen LogP contribution in [0.15, 0.2) is 60.4 Å². The highest BCUT2D eigenvalue weighted by atomic mass is 32.1. The largest absolute Gasteiger partial charge is 0.335 e. The quantitative estimate of drug-likeness (QED) is 0.632. The Morgan fingerprint density at radius 1 is 0.871 bits per heavy atom. The lowest BCUT2D eigenvalue weighted by atomic mass is 10.0. The van der Waals surface area contributed by atoms with Gasteiger partial charge in [-0.3, -0.25) is 19.5 Å². The van der Waals surface area contributed by atoms with Crippen LogP contribution in [-0.2, 0) is 0 Å². The summed E-state index contributed by atoms with van der Waals surface area (Å²) < 4.78 is 0. The minimum absolute atomic E-state index is 0.0224. The number of nitrogens with zero attached hydrogens (tertiary/aromatic N) is 5. The molecule has 5 rings (SSSR count). The van der Waals surface area contributed by atoms with Crippen LogP contribution < -0.4 is 0 Å². The first kappa shape index (κ1) is 19.8. The van der Waals surface area contributed by atoms with E-state index >= 15 is 0 Å². The van der Waals surface area contributed by atoms with Crippen LogP contribution in [0.3, 0.4) is 0 Å². The summed E-state index contributed by atoms with van der Waals surface area (Å²) in [4.78, 5) is 39.7. The topological polar surface area (TPSA) is 69.6 Å². The maximum Gasteiger partial charge on any atom is 0.282 e. The van der Waals surface area contributed by atoms with Gasteiger partial charge >= 0.3 is 0 Å². The van der Waals surface area contributed by atoms with Gasteiger partial charge in [0.15, 0.2) is 5.01 Å². The summed E-state index contributed by atoms with van der Waals surface area (Å²) in [6.45, 7) is 4.55. The lowest BCUT2D eigenvalue weighted by Crippen LogP contribution is -2.64. The fraction of sp³-hybridized carbons (Fsp3) is 0.304. The number of thiazole rings is 1. The van der Waals surface area contributed by atoms with Crippen molar-refractivity contribution in [2.75, 3.05) is 39.3 Å². The minimum Gasteiger partial charge on any atom is -0.335 e. The predicted molar refractivity (Wildman–Crippen MR) is 119 cm³/mol. The molecule has 4 heterocycles. The fourth-order valence-electron chi connectivity index (χ4n) is 4.17. The van der Waals surface area contributed by atoms with Gasteiger partial charge in [-0.25, -0.2) is 4.98 Å². The number of amides is 2. The van der Waals surface area contributed by atoms with Gasteiger partial charge in [0, 0.05) is 74.8 Å². The zero-order chi connectivity index (χ0) is 21.2. The van der Waals surface area contributed by atoms with E-state index in [1.54, 1.807) is 18.6 Å². The molecule has 0 bridgehead atoms. The molecule has 0 spiro atoms. The highest BCUT2D eigenvalue weighted by molar-refractivity contribution is 7.11. The maximum absolute atomic E-state index is 12.9. The summed E-state index contributed by atoms with van der Waals surface area (Å²) in [5.74, 6) is 0.0962. The van der Waals surface area contributed by atoms with Crippen LogP contribution in [0.5, 0.6) is 0 Å². The van der Waals surface area contributed by atoms with Crippen molar-refractivity contribution in [2.24, 2.45) is 0 Å². The van der Waals surface area contributed by atoms with Crippen molar-refractivity contribution in [3.8, 4) is 11.1 Å². The third-order valence-electron chi connectivity index (χ3n) is 6.01. The van der Waals surface area contributed by atoms with Crippen LogP contribution in [0.4, 0.5) is 0 Å². The molecule has 7 nitrogen and oxygen atoms in total. The Hall–Kier alpha value is -3.10. The van der Waals surface area contributed by atoms with Gasteiger partial charge in [-0.05, 0) is 35.4 Å². The van der Waals surface area contributed by atoms with Crippen LogP contribution in [0.25, 0.3) is 11.1 Å². The predicted octanol–water partition coefficient (Wildman–Crippen LogP) is 2.49. The van der Waals surface area contributed by atoms with E-state index in [1.165, 1.54) is 11.3 Å². The second-order valence-electron chi connectivity index (χ2n) is 7.85. The molecule has 2 amide bonds. The van der Waals surface area contributed by atoms with E-state index in [9.17, 15) is 9.59 Å². The molecule has 31 heavy (non-hydrogen) atoms. The third kappa shape index (κ3) is 4.08. The van der Waals surface area contributed by atoms with Crippen molar-refractivity contribution in [1.29, 1.82) is 0 Å². The fourth-order valence-corrected chi connectivity index (χ4v) is 4.77. The van der Waals surface area contributed by atoms with Gasteiger partial charge in [0.05, 0.1) is 0 Å². The summed E-state index contributed by atoms with van der Waals surface area (Å²) in [5, 5.41) is 2.39. The number of likely N-dealkylation sites (tertiary alicyclic amines) is 1. The van der Waals surface area contributed by atoms with E-state index in [1.807, 2.05) is 51.6 Å². The van der Waals surface area contributed by atoms with Gasteiger partial charge in [-0.1, -0.05) is 12.1 Å². The second-order valence-corrected chi connectivity index (χ2v) is 8.74. The first-order valence-corrected chi connectivity index (χ1v) is 11.3. The second kappa shape index (κ2) is 8.56. The summed E-state index contributed by atoms with van der Waals surface area (Å²) >= 11 is 1.39. The Bertz CT molecular complexity index is 1060. The van der Waals surface area contributed by atoms with Crippen molar-refractivity contribution in [2.45, 2.75) is 6.04 Å². The molecule has 0 radical (unpaired) electrons. The normalized spacial score (nSPS) is 17.4. The number of carbonyl (C=O) groups is 2.